The van der Waals surface area contributed by atoms with Crippen LogP contribution in [0.25, 0.3) is 21.3 Å². The van der Waals surface area contributed by atoms with Gasteiger partial charge in [-0.2, -0.15) is 0 Å². The fourth-order valence-corrected chi connectivity index (χ4v) is 4.52. The molecule has 0 saturated heterocycles. The van der Waals surface area contributed by atoms with Gasteiger partial charge in [0.05, 0.1) is 10.2 Å². The molecule has 0 aliphatic carbocycles. The number of nitrogens with zero attached hydrogens (tertiary/aromatic N) is 1. The second kappa shape index (κ2) is 9.55. The molecule has 1 N–H and O–H groups in total. The zero-order chi connectivity index (χ0) is 20.9. The molecule has 0 spiro atoms. The van der Waals surface area contributed by atoms with Crippen LogP contribution in [0.5, 0.6) is 5.75 Å². The molecule has 4 aromatic rings. The first-order valence-electron chi connectivity index (χ1n) is 9.41. The third kappa shape index (κ3) is 4.80. The Kier molecular flexibility index (Phi) is 6.61. The molecule has 5 nitrogen and oxygen atoms in total. The number of carbonyl (C=O) groups excluding carboxylic acids is 1. The van der Waals surface area contributed by atoms with Gasteiger partial charge in [-0.25, -0.2) is 4.98 Å². The molecule has 30 heavy (non-hydrogen) atoms. The number of hydrogen-bond donors (Lipinski definition) is 1. The summed E-state index contributed by atoms with van der Waals surface area (Å²) in [5.74, 6) is 0.525. The maximum absolute atomic E-state index is 12.8. The van der Waals surface area contributed by atoms with Gasteiger partial charge < -0.3 is 9.47 Å². The molecule has 0 fully saturated rings. The largest absolute Gasteiger partial charge is 0.468 e. The highest BCUT2D eigenvalue weighted by molar-refractivity contribution is 14.1. The summed E-state index contributed by atoms with van der Waals surface area (Å²) in [5.41, 5.74) is 3.51. The first-order chi connectivity index (χ1) is 14.6. The minimum absolute atomic E-state index is 0.185. The predicted octanol–water partition coefficient (Wildman–Crippen LogP) is 6.19. The SMILES string of the molecule is CCOCOc1ccc2nc(NC(=O)c3cccc(-c4ccccc4I)c3)sc2c1. The summed E-state index contributed by atoms with van der Waals surface area (Å²) < 4.78 is 12.8. The van der Waals surface area contributed by atoms with E-state index in [2.05, 4.69) is 45.0 Å². The van der Waals surface area contributed by atoms with Crippen molar-refractivity contribution in [2.24, 2.45) is 0 Å². The Balaban J connectivity index is 1.52. The van der Waals surface area contributed by atoms with Gasteiger partial charge in [0.2, 0.25) is 0 Å². The van der Waals surface area contributed by atoms with Crippen LogP contribution in [0.1, 0.15) is 17.3 Å². The number of rotatable bonds is 7. The van der Waals surface area contributed by atoms with Gasteiger partial charge in [0.15, 0.2) is 11.9 Å². The van der Waals surface area contributed by atoms with E-state index in [1.807, 2.05) is 61.5 Å². The summed E-state index contributed by atoms with van der Waals surface area (Å²) in [7, 11) is 0. The van der Waals surface area contributed by atoms with Gasteiger partial charge in [0, 0.05) is 15.7 Å². The molecule has 0 bridgehead atoms. The highest BCUT2D eigenvalue weighted by Gasteiger charge is 2.12. The van der Waals surface area contributed by atoms with Crippen molar-refractivity contribution in [1.29, 1.82) is 0 Å². The zero-order valence-electron chi connectivity index (χ0n) is 16.2. The maximum Gasteiger partial charge on any atom is 0.257 e. The average molecular weight is 530 g/mol. The lowest BCUT2D eigenvalue weighted by molar-refractivity contribution is 0.0225. The standard InChI is InChI=1S/C23H19IN2O3S/c1-2-28-14-29-17-10-11-20-21(13-17)30-23(25-20)26-22(27)16-7-5-6-15(12-16)18-8-3-4-9-19(18)24/h3-13H,2,14H2,1H3,(H,25,26,27). The van der Waals surface area contributed by atoms with E-state index < -0.39 is 0 Å². The van der Waals surface area contributed by atoms with E-state index in [0.717, 1.165) is 24.9 Å². The number of carbonyl (C=O) groups is 1. The number of hydrogen-bond acceptors (Lipinski definition) is 5. The van der Waals surface area contributed by atoms with Crippen LogP contribution in [-0.2, 0) is 4.74 Å². The summed E-state index contributed by atoms with van der Waals surface area (Å²) in [6.45, 7) is 2.73. The van der Waals surface area contributed by atoms with E-state index in [1.54, 1.807) is 0 Å². The number of ether oxygens (including phenoxy) is 2. The Morgan fingerprint density at radius 2 is 1.97 bits per heavy atom. The van der Waals surface area contributed by atoms with Gasteiger partial charge in [-0.15, -0.1) is 0 Å². The van der Waals surface area contributed by atoms with E-state index in [-0.39, 0.29) is 12.7 Å². The van der Waals surface area contributed by atoms with Crippen LogP contribution >= 0.6 is 33.9 Å². The van der Waals surface area contributed by atoms with E-state index in [4.69, 9.17) is 9.47 Å². The van der Waals surface area contributed by atoms with Crippen LogP contribution in [0.2, 0.25) is 0 Å². The molecular formula is C23H19IN2O3S. The van der Waals surface area contributed by atoms with Crippen LogP contribution in [-0.4, -0.2) is 24.3 Å². The smallest absolute Gasteiger partial charge is 0.257 e. The number of amides is 1. The Morgan fingerprint density at radius 3 is 2.80 bits per heavy atom. The molecule has 0 saturated carbocycles. The minimum Gasteiger partial charge on any atom is -0.468 e. The normalized spacial score (nSPS) is 10.9. The Hall–Kier alpha value is -2.49. The zero-order valence-corrected chi connectivity index (χ0v) is 19.2. The Morgan fingerprint density at radius 1 is 1.10 bits per heavy atom. The number of nitrogens with one attached hydrogen (secondary N) is 1. The van der Waals surface area contributed by atoms with Crippen molar-refractivity contribution in [3.8, 4) is 16.9 Å². The van der Waals surface area contributed by atoms with Gasteiger partial charge in [0.25, 0.3) is 5.91 Å². The maximum atomic E-state index is 12.8. The minimum atomic E-state index is -0.185. The van der Waals surface area contributed by atoms with Gasteiger partial charge in [0.1, 0.15) is 5.75 Å². The Labute approximate surface area is 192 Å². The number of aromatic nitrogens is 1. The summed E-state index contributed by atoms with van der Waals surface area (Å²) in [4.78, 5) is 17.3. The molecular weight excluding hydrogens is 511 g/mol. The number of benzene rings is 3. The number of thiazole rings is 1. The third-order valence-electron chi connectivity index (χ3n) is 4.40. The predicted molar refractivity (Wildman–Crippen MR) is 129 cm³/mol. The molecule has 0 aliphatic rings. The van der Waals surface area contributed by atoms with E-state index >= 15 is 0 Å². The van der Waals surface area contributed by atoms with Gasteiger partial charge in [-0.1, -0.05) is 41.7 Å². The summed E-state index contributed by atoms with van der Waals surface area (Å²) >= 11 is 3.72. The second-order valence-corrected chi connectivity index (χ2v) is 8.61. The molecule has 0 radical (unpaired) electrons. The van der Waals surface area contributed by atoms with Crippen molar-refractivity contribution in [1.82, 2.24) is 4.98 Å². The van der Waals surface area contributed by atoms with Crippen LogP contribution in [0.3, 0.4) is 0 Å². The van der Waals surface area contributed by atoms with Crippen molar-refractivity contribution in [3.05, 3.63) is 75.9 Å². The second-order valence-electron chi connectivity index (χ2n) is 6.42. The lowest BCUT2D eigenvalue weighted by atomic mass is 10.0. The van der Waals surface area contributed by atoms with E-state index in [1.165, 1.54) is 11.3 Å². The molecule has 1 aromatic heterocycles. The number of fused-ring (bicyclic) bond motifs is 1. The fourth-order valence-electron chi connectivity index (χ4n) is 2.93. The van der Waals surface area contributed by atoms with Gasteiger partial charge >= 0.3 is 0 Å². The first kappa shape index (κ1) is 20.8. The molecule has 152 valence electrons. The molecule has 3 aromatic carbocycles. The highest BCUT2D eigenvalue weighted by atomic mass is 127. The topological polar surface area (TPSA) is 60.5 Å². The fraction of sp³-hybridized carbons (Fsp3) is 0.130. The number of anilines is 1. The Bertz CT molecular complexity index is 1190. The van der Waals surface area contributed by atoms with Crippen LogP contribution in [0, 0.1) is 3.57 Å². The van der Waals surface area contributed by atoms with Gasteiger partial charge in [-0.05, 0) is 77.0 Å². The number of halogens is 1. The molecule has 4 rings (SSSR count). The molecule has 1 heterocycles. The van der Waals surface area contributed by atoms with Gasteiger partial charge in [-0.3, -0.25) is 10.1 Å². The van der Waals surface area contributed by atoms with Crippen LogP contribution < -0.4 is 10.1 Å². The summed E-state index contributed by atoms with van der Waals surface area (Å²) in [6, 6.07) is 21.3. The van der Waals surface area contributed by atoms with Crippen molar-refractivity contribution < 1.29 is 14.3 Å². The third-order valence-corrected chi connectivity index (χ3v) is 6.28. The average Bonchev–Trinajstić information content (AvgIpc) is 3.16. The highest BCUT2D eigenvalue weighted by Crippen LogP contribution is 2.30. The van der Waals surface area contributed by atoms with Crippen molar-refractivity contribution in [2.75, 3.05) is 18.7 Å². The molecule has 1 amide bonds. The monoisotopic (exact) mass is 530 g/mol. The lowest BCUT2D eigenvalue weighted by Gasteiger charge is -2.07. The van der Waals surface area contributed by atoms with E-state index in [0.29, 0.717) is 23.1 Å². The van der Waals surface area contributed by atoms with Crippen LogP contribution in [0.15, 0.2) is 66.7 Å². The molecule has 0 unspecified atom stereocenters. The molecule has 7 heteroatoms. The van der Waals surface area contributed by atoms with E-state index in [9.17, 15) is 4.79 Å². The summed E-state index contributed by atoms with van der Waals surface area (Å²) in [6.07, 6.45) is 0. The molecule has 0 aliphatic heterocycles. The van der Waals surface area contributed by atoms with Crippen molar-refractivity contribution in [2.45, 2.75) is 6.92 Å². The summed E-state index contributed by atoms with van der Waals surface area (Å²) in [5, 5.41) is 3.47. The first-order valence-corrected chi connectivity index (χ1v) is 11.3. The molecule has 0 atom stereocenters. The van der Waals surface area contributed by atoms with Crippen molar-refractivity contribution >= 4 is 55.2 Å². The van der Waals surface area contributed by atoms with Crippen molar-refractivity contribution in [3.63, 3.8) is 0 Å². The quantitative estimate of drug-likeness (QED) is 0.176. The lowest BCUT2D eigenvalue weighted by Crippen LogP contribution is -2.11. The van der Waals surface area contributed by atoms with Crippen LogP contribution in [0.4, 0.5) is 5.13 Å².